The summed E-state index contributed by atoms with van der Waals surface area (Å²) < 4.78 is 0. The number of hydrogen-bond donors (Lipinski definition) is 1. The van der Waals surface area contributed by atoms with Gasteiger partial charge >= 0.3 is 0 Å². The van der Waals surface area contributed by atoms with Gasteiger partial charge in [0.05, 0.1) is 4.88 Å². The number of hydrogen-bond acceptors (Lipinski definition) is 3. The predicted molar refractivity (Wildman–Crippen MR) is 66.8 cm³/mol. The Morgan fingerprint density at radius 1 is 1.50 bits per heavy atom. The highest BCUT2D eigenvalue weighted by Gasteiger charge is 2.30. The zero-order chi connectivity index (χ0) is 11.9. The molecule has 1 aromatic rings. The van der Waals surface area contributed by atoms with Gasteiger partial charge in [0.15, 0.2) is 0 Å². The van der Waals surface area contributed by atoms with Gasteiger partial charge < -0.3 is 10.6 Å². The van der Waals surface area contributed by atoms with Crippen molar-refractivity contribution in [2.24, 2.45) is 11.7 Å². The Labute approximate surface area is 100 Å². The van der Waals surface area contributed by atoms with Gasteiger partial charge in [-0.1, -0.05) is 6.92 Å². The topological polar surface area (TPSA) is 46.3 Å². The van der Waals surface area contributed by atoms with Crippen LogP contribution < -0.4 is 5.73 Å². The van der Waals surface area contributed by atoms with Gasteiger partial charge in [-0.05, 0) is 31.4 Å². The fraction of sp³-hybridized carbons (Fsp3) is 0.583. The summed E-state index contributed by atoms with van der Waals surface area (Å²) in [4.78, 5) is 16.1. The molecule has 2 rings (SSSR count). The first-order chi connectivity index (χ1) is 7.49. The third-order valence-corrected chi connectivity index (χ3v) is 4.47. The highest BCUT2D eigenvalue weighted by molar-refractivity contribution is 7.14. The van der Waals surface area contributed by atoms with Crippen LogP contribution in [0, 0.1) is 19.8 Å². The van der Waals surface area contributed by atoms with E-state index in [9.17, 15) is 4.79 Å². The largest absolute Gasteiger partial charge is 0.336 e. The zero-order valence-electron chi connectivity index (χ0n) is 9.99. The molecule has 0 radical (unpaired) electrons. The predicted octanol–water partition coefficient (Wildman–Crippen LogP) is 1.78. The van der Waals surface area contributed by atoms with Crippen molar-refractivity contribution < 1.29 is 4.79 Å². The van der Waals surface area contributed by atoms with Gasteiger partial charge in [0, 0.05) is 24.0 Å². The number of carbonyl (C=O) groups is 1. The van der Waals surface area contributed by atoms with Crippen LogP contribution in [0.25, 0.3) is 0 Å². The number of thiophene rings is 1. The summed E-state index contributed by atoms with van der Waals surface area (Å²) in [5.74, 6) is 0.548. The molecule has 4 heteroatoms. The monoisotopic (exact) mass is 238 g/mol. The van der Waals surface area contributed by atoms with Crippen molar-refractivity contribution in [3.05, 3.63) is 21.4 Å². The molecule has 1 aromatic heterocycles. The second-order valence-electron chi connectivity index (χ2n) is 4.70. The summed E-state index contributed by atoms with van der Waals surface area (Å²) in [6, 6.07) is 2.11. The molecule has 0 spiro atoms. The Morgan fingerprint density at radius 2 is 2.19 bits per heavy atom. The molecule has 88 valence electrons. The van der Waals surface area contributed by atoms with Crippen LogP contribution in [0.1, 0.15) is 27.0 Å². The minimum atomic E-state index is 0.131. The molecule has 1 saturated heterocycles. The zero-order valence-corrected chi connectivity index (χ0v) is 10.8. The average Bonchev–Trinajstić information content (AvgIpc) is 2.72. The smallest absolute Gasteiger partial charge is 0.264 e. The molecule has 1 fully saturated rings. The Bertz CT molecular complexity index is 384. The van der Waals surface area contributed by atoms with Crippen LogP contribution in [0.3, 0.4) is 0 Å². The van der Waals surface area contributed by atoms with E-state index in [4.69, 9.17) is 5.73 Å². The summed E-state index contributed by atoms with van der Waals surface area (Å²) >= 11 is 1.58. The Hall–Kier alpha value is -0.870. The van der Waals surface area contributed by atoms with E-state index in [-0.39, 0.29) is 11.9 Å². The second kappa shape index (κ2) is 4.18. The Kier molecular flexibility index (Phi) is 3.04. The van der Waals surface area contributed by atoms with E-state index < -0.39 is 0 Å². The van der Waals surface area contributed by atoms with Gasteiger partial charge in [0.2, 0.25) is 0 Å². The number of nitrogens with zero attached hydrogens (tertiary/aromatic N) is 1. The highest BCUT2D eigenvalue weighted by atomic mass is 32.1. The van der Waals surface area contributed by atoms with Crippen molar-refractivity contribution in [3.63, 3.8) is 0 Å². The van der Waals surface area contributed by atoms with Crippen molar-refractivity contribution >= 4 is 17.2 Å². The SMILES string of the molecule is Cc1cc(C(=O)N2CC(C)C(N)C2)sc1C. The summed E-state index contributed by atoms with van der Waals surface area (Å²) in [6.45, 7) is 7.67. The van der Waals surface area contributed by atoms with Crippen LogP contribution in [-0.2, 0) is 0 Å². The number of rotatable bonds is 1. The molecule has 0 saturated carbocycles. The van der Waals surface area contributed by atoms with E-state index in [2.05, 4.69) is 13.8 Å². The van der Waals surface area contributed by atoms with Gasteiger partial charge in [0.25, 0.3) is 5.91 Å². The molecule has 2 N–H and O–H groups in total. The van der Waals surface area contributed by atoms with Crippen molar-refractivity contribution in [2.75, 3.05) is 13.1 Å². The first-order valence-electron chi connectivity index (χ1n) is 5.61. The molecule has 1 amide bonds. The average molecular weight is 238 g/mol. The molecule has 0 aliphatic carbocycles. The van der Waals surface area contributed by atoms with Crippen molar-refractivity contribution in [1.82, 2.24) is 4.90 Å². The Morgan fingerprint density at radius 3 is 2.62 bits per heavy atom. The molecule has 0 bridgehead atoms. The normalized spacial score (nSPS) is 25.1. The summed E-state index contributed by atoms with van der Waals surface area (Å²) in [5.41, 5.74) is 7.13. The van der Waals surface area contributed by atoms with Gasteiger partial charge in [-0.2, -0.15) is 0 Å². The third-order valence-electron chi connectivity index (χ3n) is 3.33. The van der Waals surface area contributed by atoms with Crippen molar-refractivity contribution in [3.8, 4) is 0 Å². The maximum Gasteiger partial charge on any atom is 0.264 e. The maximum atomic E-state index is 12.2. The van der Waals surface area contributed by atoms with Gasteiger partial charge in [0.1, 0.15) is 0 Å². The van der Waals surface area contributed by atoms with E-state index in [0.29, 0.717) is 12.5 Å². The molecule has 2 unspecified atom stereocenters. The lowest BCUT2D eigenvalue weighted by molar-refractivity contribution is 0.0791. The van der Waals surface area contributed by atoms with E-state index in [1.54, 1.807) is 11.3 Å². The van der Waals surface area contributed by atoms with E-state index in [1.807, 2.05) is 17.9 Å². The lowest BCUT2D eigenvalue weighted by atomic mass is 10.1. The van der Waals surface area contributed by atoms with Crippen LogP contribution in [0.4, 0.5) is 0 Å². The van der Waals surface area contributed by atoms with Gasteiger partial charge in [-0.3, -0.25) is 4.79 Å². The van der Waals surface area contributed by atoms with Gasteiger partial charge in [-0.25, -0.2) is 0 Å². The number of likely N-dealkylation sites (tertiary alicyclic amines) is 1. The molecule has 2 heterocycles. The molecule has 0 aromatic carbocycles. The lowest BCUT2D eigenvalue weighted by Crippen LogP contribution is -2.31. The van der Waals surface area contributed by atoms with Crippen LogP contribution in [-0.4, -0.2) is 29.9 Å². The molecular formula is C12H18N2OS. The van der Waals surface area contributed by atoms with Gasteiger partial charge in [-0.15, -0.1) is 11.3 Å². The highest BCUT2D eigenvalue weighted by Crippen LogP contribution is 2.24. The maximum absolute atomic E-state index is 12.2. The summed E-state index contributed by atoms with van der Waals surface area (Å²) in [6.07, 6.45) is 0. The van der Waals surface area contributed by atoms with Crippen LogP contribution in [0.5, 0.6) is 0 Å². The summed E-state index contributed by atoms with van der Waals surface area (Å²) in [7, 11) is 0. The first kappa shape index (κ1) is 11.6. The van der Waals surface area contributed by atoms with Crippen molar-refractivity contribution in [2.45, 2.75) is 26.8 Å². The van der Waals surface area contributed by atoms with E-state index in [0.717, 1.165) is 11.4 Å². The van der Waals surface area contributed by atoms with Crippen LogP contribution >= 0.6 is 11.3 Å². The molecular weight excluding hydrogens is 220 g/mol. The standard InChI is InChI=1S/C12H18N2OS/c1-7-4-11(16-9(7)3)12(15)14-5-8(2)10(13)6-14/h4,8,10H,5-6,13H2,1-3H3. The number of amides is 1. The quantitative estimate of drug-likeness (QED) is 0.810. The van der Waals surface area contributed by atoms with E-state index >= 15 is 0 Å². The first-order valence-corrected chi connectivity index (χ1v) is 6.42. The molecule has 16 heavy (non-hydrogen) atoms. The molecule has 1 aliphatic heterocycles. The van der Waals surface area contributed by atoms with Crippen LogP contribution in [0.15, 0.2) is 6.07 Å². The minimum Gasteiger partial charge on any atom is -0.336 e. The fourth-order valence-electron chi connectivity index (χ4n) is 1.99. The molecule has 2 atom stereocenters. The van der Waals surface area contributed by atoms with E-state index in [1.165, 1.54) is 10.4 Å². The fourth-order valence-corrected chi connectivity index (χ4v) is 2.99. The summed E-state index contributed by atoms with van der Waals surface area (Å²) in [5, 5.41) is 0. The number of aryl methyl sites for hydroxylation is 2. The Balaban J connectivity index is 2.14. The minimum absolute atomic E-state index is 0.131. The lowest BCUT2D eigenvalue weighted by Gasteiger charge is -2.14. The third kappa shape index (κ3) is 1.99. The number of carbonyl (C=O) groups excluding carboxylic acids is 1. The number of nitrogens with two attached hydrogens (primary N) is 1. The molecule has 3 nitrogen and oxygen atoms in total. The van der Waals surface area contributed by atoms with Crippen LogP contribution in [0.2, 0.25) is 0 Å². The van der Waals surface area contributed by atoms with Crippen molar-refractivity contribution in [1.29, 1.82) is 0 Å². The second-order valence-corrected chi connectivity index (χ2v) is 5.96. The molecule has 1 aliphatic rings.